The minimum Gasteiger partial charge on any atom is -0.445 e. The molecule has 0 saturated carbocycles. The van der Waals surface area contributed by atoms with Crippen molar-refractivity contribution in [1.29, 1.82) is 0 Å². The van der Waals surface area contributed by atoms with Crippen LogP contribution in [0.15, 0.2) is 28.7 Å². The van der Waals surface area contributed by atoms with Crippen molar-refractivity contribution < 1.29 is 13.9 Å². The summed E-state index contributed by atoms with van der Waals surface area (Å²) in [6.07, 6.45) is 6.61. The van der Waals surface area contributed by atoms with Gasteiger partial charge in [0.25, 0.3) is 5.91 Å². The molecule has 0 unspecified atom stereocenters. The standard InChI is InChI=1S/C24H31N3O3/c28-24(20-6-4-18(5-7-20)16-26-11-2-1-3-12-26)27-13-8-22-21(17-27)25-23(30-22)19-9-14-29-15-10-19/h4-7,19H,1-3,8-17H2. The van der Waals surface area contributed by atoms with Crippen molar-refractivity contribution in [3.05, 3.63) is 52.7 Å². The summed E-state index contributed by atoms with van der Waals surface area (Å²) in [5, 5.41) is 0. The molecule has 1 amide bonds. The minimum atomic E-state index is 0.0841. The Hall–Kier alpha value is -2.18. The summed E-state index contributed by atoms with van der Waals surface area (Å²) in [7, 11) is 0. The number of aromatic nitrogens is 1. The molecule has 4 heterocycles. The fourth-order valence-corrected chi connectivity index (χ4v) is 4.82. The van der Waals surface area contributed by atoms with Gasteiger partial charge in [0.2, 0.25) is 0 Å². The summed E-state index contributed by atoms with van der Waals surface area (Å²) in [4.78, 5) is 22.2. The van der Waals surface area contributed by atoms with Gasteiger partial charge in [-0.15, -0.1) is 0 Å². The highest BCUT2D eigenvalue weighted by atomic mass is 16.5. The van der Waals surface area contributed by atoms with Crippen LogP contribution in [0.1, 0.15) is 71.3 Å². The van der Waals surface area contributed by atoms with Gasteiger partial charge in [0.15, 0.2) is 5.89 Å². The van der Waals surface area contributed by atoms with Crippen LogP contribution in [0.2, 0.25) is 0 Å². The van der Waals surface area contributed by atoms with Gasteiger partial charge in [-0.3, -0.25) is 9.69 Å². The van der Waals surface area contributed by atoms with E-state index in [2.05, 4.69) is 17.0 Å². The Kier molecular flexibility index (Phi) is 5.86. The quantitative estimate of drug-likeness (QED) is 0.770. The topological polar surface area (TPSA) is 58.8 Å². The Morgan fingerprint density at radius 3 is 2.57 bits per heavy atom. The lowest BCUT2D eigenvalue weighted by Crippen LogP contribution is -2.35. The van der Waals surface area contributed by atoms with Crippen LogP contribution in [-0.2, 0) is 24.2 Å². The van der Waals surface area contributed by atoms with Crippen molar-refractivity contribution in [1.82, 2.24) is 14.8 Å². The number of carbonyl (C=O) groups excluding carboxylic acids is 1. The van der Waals surface area contributed by atoms with E-state index >= 15 is 0 Å². The van der Waals surface area contributed by atoms with Gasteiger partial charge in [0, 0.05) is 44.2 Å². The van der Waals surface area contributed by atoms with E-state index in [1.54, 1.807) is 0 Å². The molecule has 0 radical (unpaired) electrons. The van der Waals surface area contributed by atoms with E-state index in [1.165, 1.54) is 37.9 Å². The molecular formula is C24H31N3O3. The minimum absolute atomic E-state index is 0.0841. The van der Waals surface area contributed by atoms with Crippen LogP contribution in [0.25, 0.3) is 0 Å². The molecule has 2 aromatic rings. The van der Waals surface area contributed by atoms with E-state index in [0.29, 0.717) is 19.0 Å². The molecule has 2 saturated heterocycles. The van der Waals surface area contributed by atoms with Crippen LogP contribution < -0.4 is 0 Å². The third kappa shape index (κ3) is 4.30. The van der Waals surface area contributed by atoms with Crippen molar-refractivity contribution in [2.45, 2.75) is 57.5 Å². The van der Waals surface area contributed by atoms with Crippen LogP contribution in [-0.4, -0.2) is 53.5 Å². The third-order valence-corrected chi connectivity index (χ3v) is 6.66. The van der Waals surface area contributed by atoms with E-state index in [1.807, 2.05) is 17.0 Å². The molecule has 6 heteroatoms. The second-order valence-corrected chi connectivity index (χ2v) is 8.82. The molecule has 0 atom stereocenters. The second-order valence-electron chi connectivity index (χ2n) is 8.82. The average Bonchev–Trinajstić information content (AvgIpc) is 3.24. The zero-order valence-electron chi connectivity index (χ0n) is 17.6. The molecule has 3 aliphatic heterocycles. The predicted octanol–water partition coefficient (Wildman–Crippen LogP) is 3.75. The SMILES string of the molecule is O=C(c1ccc(CN2CCCCC2)cc1)N1CCc2oc(C3CCOCC3)nc2C1. The monoisotopic (exact) mass is 409 g/mol. The maximum atomic E-state index is 13.1. The van der Waals surface area contributed by atoms with Gasteiger partial charge < -0.3 is 14.1 Å². The molecule has 0 spiro atoms. The number of hydrogen-bond donors (Lipinski definition) is 0. The van der Waals surface area contributed by atoms with Crippen LogP contribution in [0.5, 0.6) is 0 Å². The fourth-order valence-electron chi connectivity index (χ4n) is 4.82. The number of benzene rings is 1. The first-order valence-electron chi connectivity index (χ1n) is 11.4. The summed E-state index contributed by atoms with van der Waals surface area (Å²) in [6, 6.07) is 8.17. The Balaban J connectivity index is 1.22. The van der Waals surface area contributed by atoms with Gasteiger partial charge in [-0.1, -0.05) is 18.6 Å². The third-order valence-electron chi connectivity index (χ3n) is 6.66. The summed E-state index contributed by atoms with van der Waals surface area (Å²) >= 11 is 0. The number of likely N-dealkylation sites (tertiary alicyclic amines) is 1. The number of oxazole rings is 1. The summed E-state index contributed by atoms with van der Waals surface area (Å²) in [5.74, 6) is 2.22. The number of hydrogen-bond acceptors (Lipinski definition) is 5. The number of nitrogens with zero attached hydrogens (tertiary/aromatic N) is 3. The Bertz CT molecular complexity index is 864. The Labute approximate surface area is 178 Å². The highest BCUT2D eigenvalue weighted by Crippen LogP contribution is 2.30. The van der Waals surface area contributed by atoms with Gasteiger partial charge in [-0.25, -0.2) is 4.98 Å². The van der Waals surface area contributed by atoms with Crippen molar-refractivity contribution in [3.8, 4) is 0 Å². The van der Waals surface area contributed by atoms with Crippen molar-refractivity contribution in [3.63, 3.8) is 0 Å². The van der Waals surface area contributed by atoms with Crippen LogP contribution in [0.4, 0.5) is 0 Å². The first-order chi connectivity index (χ1) is 14.8. The Morgan fingerprint density at radius 2 is 1.80 bits per heavy atom. The summed E-state index contributed by atoms with van der Waals surface area (Å²) in [5.41, 5.74) is 2.97. The first kappa shape index (κ1) is 19.8. The number of ether oxygens (including phenoxy) is 1. The molecule has 2 fully saturated rings. The fraction of sp³-hybridized carbons (Fsp3) is 0.583. The Morgan fingerprint density at radius 1 is 1.03 bits per heavy atom. The van der Waals surface area contributed by atoms with Gasteiger partial charge in [0.05, 0.1) is 6.54 Å². The molecule has 160 valence electrons. The van der Waals surface area contributed by atoms with E-state index < -0.39 is 0 Å². The largest absolute Gasteiger partial charge is 0.445 e. The highest BCUT2D eigenvalue weighted by Gasteiger charge is 2.29. The molecule has 6 nitrogen and oxygen atoms in total. The van der Waals surface area contributed by atoms with E-state index in [0.717, 1.165) is 61.9 Å². The van der Waals surface area contributed by atoms with Gasteiger partial charge in [0.1, 0.15) is 11.5 Å². The number of rotatable bonds is 4. The zero-order chi connectivity index (χ0) is 20.3. The average molecular weight is 410 g/mol. The van der Waals surface area contributed by atoms with Gasteiger partial charge >= 0.3 is 0 Å². The second kappa shape index (κ2) is 8.90. The first-order valence-corrected chi connectivity index (χ1v) is 11.4. The van der Waals surface area contributed by atoms with Gasteiger partial charge in [-0.05, 0) is 56.5 Å². The summed E-state index contributed by atoms with van der Waals surface area (Å²) < 4.78 is 11.5. The smallest absolute Gasteiger partial charge is 0.254 e. The van der Waals surface area contributed by atoms with E-state index in [9.17, 15) is 4.79 Å². The number of fused-ring (bicyclic) bond motifs is 1. The predicted molar refractivity (Wildman–Crippen MR) is 113 cm³/mol. The molecule has 5 rings (SSSR count). The number of amides is 1. The molecule has 0 bridgehead atoms. The number of piperidine rings is 1. The summed E-state index contributed by atoms with van der Waals surface area (Å²) in [6.45, 7) is 6.12. The molecule has 0 aliphatic carbocycles. The van der Waals surface area contributed by atoms with E-state index in [-0.39, 0.29) is 5.91 Å². The lowest BCUT2D eigenvalue weighted by molar-refractivity contribution is 0.0725. The van der Waals surface area contributed by atoms with Crippen LogP contribution >= 0.6 is 0 Å². The van der Waals surface area contributed by atoms with Crippen molar-refractivity contribution >= 4 is 5.91 Å². The van der Waals surface area contributed by atoms with Crippen molar-refractivity contribution in [2.24, 2.45) is 0 Å². The van der Waals surface area contributed by atoms with Crippen LogP contribution in [0, 0.1) is 0 Å². The molecule has 0 N–H and O–H groups in total. The molecule has 1 aromatic carbocycles. The molecule has 30 heavy (non-hydrogen) atoms. The zero-order valence-corrected chi connectivity index (χ0v) is 17.6. The number of carbonyl (C=O) groups is 1. The van der Waals surface area contributed by atoms with E-state index in [4.69, 9.17) is 14.1 Å². The highest BCUT2D eigenvalue weighted by molar-refractivity contribution is 5.94. The van der Waals surface area contributed by atoms with Crippen LogP contribution in [0.3, 0.4) is 0 Å². The lowest BCUT2D eigenvalue weighted by Gasteiger charge is -2.27. The van der Waals surface area contributed by atoms with Gasteiger partial charge in [-0.2, -0.15) is 0 Å². The lowest BCUT2D eigenvalue weighted by atomic mass is 10.0. The normalized spacial score (nSPS) is 20.9. The maximum Gasteiger partial charge on any atom is 0.254 e. The molecule has 3 aliphatic rings. The molecular weight excluding hydrogens is 378 g/mol. The van der Waals surface area contributed by atoms with Crippen molar-refractivity contribution in [2.75, 3.05) is 32.8 Å². The maximum absolute atomic E-state index is 13.1. The molecule has 1 aromatic heterocycles.